The number of aromatic amines is 2. The van der Waals surface area contributed by atoms with Crippen LogP contribution in [0.4, 0.5) is 0 Å². The van der Waals surface area contributed by atoms with E-state index in [0.717, 1.165) is 11.1 Å². The van der Waals surface area contributed by atoms with Crippen molar-refractivity contribution in [3.05, 3.63) is 44.1 Å². The molecule has 0 amide bonds. The number of aliphatic hydroxyl groups is 3. The molecule has 3 atom stereocenters. The molecule has 31 heavy (non-hydrogen) atoms. The highest BCUT2D eigenvalue weighted by Crippen LogP contribution is 2.35. The number of nitrogens with one attached hydrogen (secondary N) is 2. The predicted molar refractivity (Wildman–Crippen MR) is 106 cm³/mol. The average molecular weight is 457 g/mol. The van der Waals surface area contributed by atoms with E-state index in [1.54, 1.807) is 12.1 Å². The molecule has 0 radical (unpaired) electrons. The van der Waals surface area contributed by atoms with E-state index in [1.165, 1.54) is 4.57 Å². The minimum Gasteiger partial charge on any atom is -0.388 e. The van der Waals surface area contributed by atoms with Crippen LogP contribution in [0.1, 0.15) is 11.1 Å². The van der Waals surface area contributed by atoms with E-state index < -0.39 is 50.5 Å². The summed E-state index contributed by atoms with van der Waals surface area (Å²) in [6.45, 7) is 2.35. The molecule has 0 saturated heterocycles. The molecule has 0 aliphatic rings. The molecule has 13 nitrogen and oxygen atoms in total. The van der Waals surface area contributed by atoms with E-state index in [0.29, 0.717) is 11.0 Å². The zero-order valence-electron chi connectivity index (χ0n) is 16.5. The summed E-state index contributed by atoms with van der Waals surface area (Å²) in [5.74, 6) is 0. The highest BCUT2D eigenvalue weighted by Gasteiger charge is 2.31. The Hall–Kier alpha value is -2.51. The van der Waals surface area contributed by atoms with E-state index in [2.05, 4.69) is 19.5 Å². The summed E-state index contributed by atoms with van der Waals surface area (Å²) in [6.07, 6.45) is -5.36. The van der Waals surface area contributed by atoms with Gasteiger partial charge in [-0.3, -0.25) is 14.3 Å². The van der Waals surface area contributed by atoms with E-state index in [-0.39, 0.29) is 11.2 Å². The molecule has 168 valence electrons. The maximum atomic E-state index is 12.3. The van der Waals surface area contributed by atoms with Gasteiger partial charge < -0.3 is 25.1 Å². The van der Waals surface area contributed by atoms with Crippen LogP contribution in [0.3, 0.4) is 0 Å². The first kappa shape index (κ1) is 23.2. The van der Waals surface area contributed by atoms with Gasteiger partial charge in [0.1, 0.15) is 30.4 Å². The monoisotopic (exact) mass is 457 g/mol. The summed E-state index contributed by atoms with van der Waals surface area (Å²) in [7, 11) is -4.89. The number of H-pyrrole nitrogens is 2. The minimum atomic E-state index is -4.89. The number of rotatable bonds is 7. The molecule has 3 aromatic rings. The number of hydrogen-bond donors (Lipinski definition) is 7. The molecular formula is C17H22N4O9P+. The van der Waals surface area contributed by atoms with Gasteiger partial charge in [-0.1, -0.05) is 0 Å². The van der Waals surface area contributed by atoms with Crippen LogP contribution in [0.5, 0.6) is 0 Å². The van der Waals surface area contributed by atoms with E-state index >= 15 is 0 Å². The highest BCUT2D eigenvalue weighted by atomic mass is 31.2. The summed E-state index contributed by atoms with van der Waals surface area (Å²) in [6, 6.07) is 3.44. The molecular weight excluding hydrogens is 435 g/mol. The molecule has 1 aromatic carbocycles. The molecule has 0 aliphatic carbocycles. The van der Waals surface area contributed by atoms with Crippen molar-refractivity contribution in [3.8, 4) is 0 Å². The Labute approximate surface area is 173 Å². The van der Waals surface area contributed by atoms with Gasteiger partial charge in [-0.25, -0.2) is 18.9 Å². The normalized spacial score (nSPS) is 15.3. The molecule has 0 spiro atoms. The van der Waals surface area contributed by atoms with Crippen molar-refractivity contribution in [3.63, 3.8) is 0 Å². The summed E-state index contributed by atoms with van der Waals surface area (Å²) >= 11 is 0. The average Bonchev–Trinajstić information content (AvgIpc) is 2.67. The molecule has 0 aliphatic heterocycles. The quantitative estimate of drug-likeness (QED) is 0.116. The lowest BCUT2D eigenvalue weighted by Gasteiger charge is -2.22. The second-order valence-corrected chi connectivity index (χ2v) is 8.40. The Balaban J connectivity index is 2.08. The lowest BCUT2D eigenvalue weighted by atomic mass is 10.1. The summed E-state index contributed by atoms with van der Waals surface area (Å²) < 4.78 is 16.3. The van der Waals surface area contributed by atoms with Crippen molar-refractivity contribution < 1.29 is 38.8 Å². The first-order chi connectivity index (χ1) is 14.4. The first-order valence-corrected chi connectivity index (χ1v) is 10.6. The topological polar surface area (TPSA) is 210 Å². The fourth-order valence-electron chi connectivity index (χ4n) is 3.11. The van der Waals surface area contributed by atoms with Crippen LogP contribution in [0, 0.1) is 13.8 Å². The largest absolute Gasteiger partial charge is 0.469 e. The fraction of sp³-hybridized carbons (Fsp3) is 0.412. The molecule has 14 heteroatoms. The Morgan fingerprint density at radius 2 is 1.74 bits per heavy atom. The zero-order valence-corrected chi connectivity index (χ0v) is 17.4. The number of aromatic nitrogens is 4. The van der Waals surface area contributed by atoms with Crippen molar-refractivity contribution in [1.82, 2.24) is 15.0 Å². The minimum absolute atomic E-state index is 0.0169. The maximum Gasteiger partial charge on any atom is 0.469 e. The predicted octanol–water partition coefficient (Wildman–Crippen LogP) is -2.14. The Bertz CT molecular complexity index is 1300. The SMILES string of the molecule is Cc1cc2nc3c(=O)[nH]c(=O)[nH]c3[n+](CC(O)[C@H](O)[C@@H](O)COP(=O)(O)O)c2cc1C. The van der Waals surface area contributed by atoms with Gasteiger partial charge in [0.25, 0.3) is 5.56 Å². The summed E-state index contributed by atoms with van der Waals surface area (Å²) in [4.78, 5) is 50.3. The van der Waals surface area contributed by atoms with Crippen LogP contribution in [0.25, 0.3) is 22.2 Å². The molecule has 0 saturated carbocycles. The van der Waals surface area contributed by atoms with Gasteiger partial charge in [0.05, 0.1) is 6.61 Å². The number of hydrogen-bond acceptors (Lipinski definition) is 8. The molecule has 3 rings (SSSR count). The van der Waals surface area contributed by atoms with Gasteiger partial charge in [0.2, 0.25) is 5.52 Å². The second-order valence-electron chi connectivity index (χ2n) is 7.16. The maximum absolute atomic E-state index is 12.3. The van der Waals surface area contributed by atoms with Crippen molar-refractivity contribution in [1.29, 1.82) is 0 Å². The van der Waals surface area contributed by atoms with Crippen LogP contribution in [-0.2, 0) is 15.6 Å². The number of phosphoric acid groups is 1. The number of phosphoric ester groups is 1. The van der Waals surface area contributed by atoms with Crippen LogP contribution in [-0.4, -0.2) is 65.0 Å². The standard InChI is InChI=1S/C17H21N4O9P/c1-7-3-9-10(4-8(7)2)21(15-13(18-9)16(25)20-17(26)19-15)5-11(22)14(24)12(23)6-30-31(27,28)29/h3-4,11-12,14,22-24H,5-6H2,1-2H3,(H3,20,25,26,27,28,29)/p+1/t11?,12-,14-/m0/s1. The lowest BCUT2D eigenvalue weighted by Crippen LogP contribution is -2.51. The number of fused-ring (bicyclic) bond motifs is 2. The zero-order chi connectivity index (χ0) is 23.1. The van der Waals surface area contributed by atoms with Crippen LogP contribution < -0.4 is 15.8 Å². The molecule has 1 unspecified atom stereocenters. The van der Waals surface area contributed by atoms with Gasteiger partial charge in [-0.05, 0) is 37.1 Å². The van der Waals surface area contributed by atoms with Crippen LogP contribution in [0.15, 0.2) is 21.7 Å². The Morgan fingerprint density at radius 1 is 1.10 bits per heavy atom. The number of aryl methyl sites for hydroxylation is 2. The van der Waals surface area contributed by atoms with Gasteiger partial charge in [0.15, 0.2) is 5.52 Å². The molecule has 2 aromatic heterocycles. The van der Waals surface area contributed by atoms with Crippen molar-refractivity contribution in [2.75, 3.05) is 6.61 Å². The third kappa shape index (κ3) is 5.05. The van der Waals surface area contributed by atoms with Gasteiger partial charge in [0, 0.05) is 0 Å². The van der Waals surface area contributed by atoms with Crippen molar-refractivity contribution in [2.24, 2.45) is 0 Å². The third-order valence-electron chi connectivity index (χ3n) is 4.85. The molecule has 7 N–H and O–H groups in total. The van der Waals surface area contributed by atoms with Crippen molar-refractivity contribution in [2.45, 2.75) is 38.7 Å². The molecule has 2 heterocycles. The Morgan fingerprint density at radius 3 is 2.39 bits per heavy atom. The first-order valence-electron chi connectivity index (χ1n) is 9.09. The van der Waals surface area contributed by atoms with Crippen molar-refractivity contribution >= 4 is 30.0 Å². The highest BCUT2D eigenvalue weighted by molar-refractivity contribution is 7.46. The number of aliphatic hydroxyl groups excluding tert-OH is 3. The Kier molecular flexibility index (Phi) is 6.39. The van der Waals surface area contributed by atoms with Gasteiger partial charge in [-0.2, -0.15) is 4.98 Å². The summed E-state index contributed by atoms with van der Waals surface area (Å²) in [5.41, 5.74) is 0.888. The molecule has 0 bridgehead atoms. The second kappa shape index (κ2) is 8.55. The van der Waals surface area contributed by atoms with Crippen LogP contribution >= 0.6 is 7.82 Å². The van der Waals surface area contributed by atoms with E-state index in [4.69, 9.17) is 9.79 Å². The summed E-state index contributed by atoms with van der Waals surface area (Å²) in [5, 5.41) is 30.6. The smallest absolute Gasteiger partial charge is 0.388 e. The van der Waals surface area contributed by atoms with E-state index in [1.807, 2.05) is 13.8 Å². The number of benzene rings is 1. The molecule has 0 fully saturated rings. The van der Waals surface area contributed by atoms with Gasteiger partial charge in [-0.15, -0.1) is 0 Å². The van der Waals surface area contributed by atoms with Gasteiger partial charge >= 0.3 is 19.2 Å². The van der Waals surface area contributed by atoms with Crippen LogP contribution in [0.2, 0.25) is 0 Å². The third-order valence-corrected chi connectivity index (χ3v) is 5.34. The fourth-order valence-corrected chi connectivity index (χ4v) is 3.46. The number of nitrogens with zero attached hydrogens (tertiary/aromatic N) is 2. The lowest BCUT2D eigenvalue weighted by molar-refractivity contribution is -0.657. The van der Waals surface area contributed by atoms with E-state index in [9.17, 15) is 29.5 Å².